The number of hydrogen-bond acceptors (Lipinski definition) is 6. The van der Waals surface area contributed by atoms with Gasteiger partial charge in [0.25, 0.3) is 0 Å². The monoisotopic (exact) mass is 253 g/mol. The molecule has 3 rings (SSSR count). The molecule has 1 aliphatic heterocycles. The zero-order chi connectivity index (χ0) is 11.8. The van der Waals surface area contributed by atoms with Crippen LogP contribution in [0, 0.1) is 0 Å². The molecule has 7 heteroatoms. The molecular weight excluding hydrogens is 238 g/mol. The first-order chi connectivity index (χ1) is 8.29. The highest BCUT2D eigenvalue weighted by atomic mass is 32.1. The third-order valence-electron chi connectivity index (χ3n) is 3.01. The maximum Gasteiger partial charge on any atom is 0.234 e. The SMILES string of the molecule is CCC(N)c1nn2c(C3CCCO3)nnc2s1. The average molecular weight is 253 g/mol. The summed E-state index contributed by atoms with van der Waals surface area (Å²) in [5, 5.41) is 13.7. The van der Waals surface area contributed by atoms with Crippen molar-refractivity contribution < 1.29 is 4.74 Å². The standard InChI is InChI=1S/C10H15N5OS/c1-2-6(11)9-14-15-8(7-4-3-5-16-7)12-13-10(15)17-9/h6-7H,2-5,11H2,1H3. The second-order valence-corrected chi connectivity index (χ2v) is 5.20. The van der Waals surface area contributed by atoms with E-state index in [1.54, 1.807) is 4.52 Å². The van der Waals surface area contributed by atoms with Crippen LogP contribution in [0.15, 0.2) is 0 Å². The zero-order valence-electron chi connectivity index (χ0n) is 9.67. The maximum absolute atomic E-state index is 5.98. The summed E-state index contributed by atoms with van der Waals surface area (Å²) in [5.41, 5.74) is 5.98. The fourth-order valence-corrected chi connectivity index (χ4v) is 2.88. The number of hydrogen-bond donors (Lipinski definition) is 1. The summed E-state index contributed by atoms with van der Waals surface area (Å²) in [6.07, 6.45) is 2.98. The van der Waals surface area contributed by atoms with Gasteiger partial charge in [0.05, 0.1) is 6.04 Å². The van der Waals surface area contributed by atoms with Crippen molar-refractivity contribution >= 4 is 16.3 Å². The molecule has 2 unspecified atom stereocenters. The van der Waals surface area contributed by atoms with Gasteiger partial charge >= 0.3 is 0 Å². The van der Waals surface area contributed by atoms with Crippen molar-refractivity contribution in [1.82, 2.24) is 19.8 Å². The number of ether oxygens (including phenoxy) is 1. The largest absolute Gasteiger partial charge is 0.370 e. The smallest absolute Gasteiger partial charge is 0.234 e. The van der Waals surface area contributed by atoms with Gasteiger partial charge in [0.2, 0.25) is 4.96 Å². The molecule has 17 heavy (non-hydrogen) atoms. The summed E-state index contributed by atoms with van der Waals surface area (Å²) in [6.45, 7) is 2.85. The van der Waals surface area contributed by atoms with Gasteiger partial charge in [-0.2, -0.15) is 9.61 Å². The molecule has 6 nitrogen and oxygen atoms in total. The Labute approximate surface area is 103 Å². The lowest BCUT2D eigenvalue weighted by Gasteiger charge is -2.05. The highest BCUT2D eigenvalue weighted by Gasteiger charge is 2.25. The van der Waals surface area contributed by atoms with E-state index in [0.29, 0.717) is 0 Å². The molecular formula is C10H15N5OS. The molecule has 0 radical (unpaired) electrons. The van der Waals surface area contributed by atoms with Gasteiger partial charge in [-0.3, -0.25) is 0 Å². The first-order valence-electron chi connectivity index (χ1n) is 5.88. The molecule has 1 saturated heterocycles. The molecule has 3 heterocycles. The minimum atomic E-state index is -0.0148. The molecule has 2 N–H and O–H groups in total. The van der Waals surface area contributed by atoms with Gasteiger partial charge in [0.15, 0.2) is 5.82 Å². The topological polar surface area (TPSA) is 78.3 Å². The lowest BCUT2D eigenvalue weighted by molar-refractivity contribution is 0.103. The number of aromatic nitrogens is 4. The van der Waals surface area contributed by atoms with Gasteiger partial charge in [-0.25, -0.2) is 0 Å². The number of nitrogens with zero attached hydrogens (tertiary/aromatic N) is 4. The van der Waals surface area contributed by atoms with Crippen LogP contribution in [0.5, 0.6) is 0 Å². The first-order valence-corrected chi connectivity index (χ1v) is 6.70. The van der Waals surface area contributed by atoms with E-state index in [1.807, 2.05) is 6.92 Å². The Kier molecular flexibility index (Phi) is 2.81. The van der Waals surface area contributed by atoms with Gasteiger partial charge in [-0.15, -0.1) is 10.2 Å². The third kappa shape index (κ3) is 1.84. The van der Waals surface area contributed by atoms with Crippen LogP contribution in [0.2, 0.25) is 0 Å². The molecule has 92 valence electrons. The van der Waals surface area contributed by atoms with Crippen molar-refractivity contribution in [1.29, 1.82) is 0 Å². The molecule has 0 spiro atoms. The van der Waals surface area contributed by atoms with Crippen molar-refractivity contribution in [2.75, 3.05) is 6.61 Å². The van der Waals surface area contributed by atoms with Crippen molar-refractivity contribution in [3.05, 3.63) is 10.8 Å². The fraction of sp³-hybridized carbons (Fsp3) is 0.700. The Morgan fingerprint density at radius 3 is 3.18 bits per heavy atom. The van der Waals surface area contributed by atoms with Crippen LogP contribution in [0.4, 0.5) is 0 Å². The van der Waals surface area contributed by atoms with Gasteiger partial charge < -0.3 is 10.5 Å². The van der Waals surface area contributed by atoms with E-state index in [-0.39, 0.29) is 12.1 Å². The maximum atomic E-state index is 5.98. The summed E-state index contributed by atoms with van der Waals surface area (Å²) in [5.74, 6) is 0.809. The lowest BCUT2D eigenvalue weighted by atomic mass is 10.2. The van der Waals surface area contributed by atoms with Crippen LogP contribution in [-0.2, 0) is 4.74 Å². The predicted molar refractivity (Wildman–Crippen MR) is 63.8 cm³/mol. The molecule has 0 aliphatic carbocycles. The van der Waals surface area contributed by atoms with Gasteiger partial charge in [-0.1, -0.05) is 18.3 Å². The second-order valence-electron chi connectivity index (χ2n) is 4.21. The molecule has 0 saturated carbocycles. The number of nitrogens with two attached hydrogens (primary N) is 1. The molecule has 0 amide bonds. The van der Waals surface area contributed by atoms with Crippen LogP contribution in [0.3, 0.4) is 0 Å². The van der Waals surface area contributed by atoms with Crippen LogP contribution < -0.4 is 5.73 Å². The normalized spacial score (nSPS) is 22.4. The van der Waals surface area contributed by atoms with Gasteiger partial charge in [-0.05, 0) is 19.3 Å². The highest BCUT2D eigenvalue weighted by Crippen LogP contribution is 2.29. The Balaban J connectivity index is 1.99. The number of fused-ring (bicyclic) bond motifs is 1. The fourth-order valence-electron chi connectivity index (χ4n) is 1.95. The van der Waals surface area contributed by atoms with E-state index in [9.17, 15) is 0 Å². The minimum absolute atomic E-state index is 0.0148. The van der Waals surface area contributed by atoms with Crippen LogP contribution >= 0.6 is 11.3 Å². The Hall–Kier alpha value is -1.05. The highest BCUT2D eigenvalue weighted by molar-refractivity contribution is 7.16. The average Bonchev–Trinajstić information content (AvgIpc) is 3.02. The Morgan fingerprint density at radius 1 is 1.59 bits per heavy atom. The summed E-state index contributed by atoms with van der Waals surface area (Å²) >= 11 is 1.51. The molecule has 0 bridgehead atoms. The molecule has 1 aliphatic rings. The first kappa shape index (κ1) is 11.1. The zero-order valence-corrected chi connectivity index (χ0v) is 10.5. The summed E-state index contributed by atoms with van der Waals surface area (Å²) in [6, 6.07) is -0.0148. The number of rotatable bonds is 3. The second kappa shape index (κ2) is 4.32. The van der Waals surface area contributed by atoms with Crippen molar-refractivity contribution in [3.63, 3.8) is 0 Å². The quantitative estimate of drug-likeness (QED) is 0.895. The Bertz CT molecular complexity index is 516. The summed E-state index contributed by atoms with van der Waals surface area (Å²) in [7, 11) is 0. The minimum Gasteiger partial charge on any atom is -0.370 e. The molecule has 0 aromatic carbocycles. The van der Waals surface area contributed by atoms with Crippen LogP contribution in [-0.4, -0.2) is 26.4 Å². The van der Waals surface area contributed by atoms with Crippen LogP contribution in [0.1, 0.15) is 49.2 Å². The lowest BCUT2D eigenvalue weighted by Crippen LogP contribution is -2.10. The molecule has 2 aromatic rings. The van der Waals surface area contributed by atoms with E-state index >= 15 is 0 Å². The summed E-state index contributed by atoms with van der Waals surface area (Å²) < 4.78 is 7.39. The van der Waals surface area contributed by atoms with E-state index in [4.69, 9.17) is 10.5 Å². The molecule has 1 fully saturated rings. The van der Waals surface area contributed by atoms with E-state index < -0.39 is 0 Å². The van der Waals surface area contributed by atoms with Crippen molar-refractivity contribution in [2.24, 2.45) is 5.73 Å². The van der Waals surface area contributed by atoms with Gasteiger partial charge in [0.1, 0.15) is 11.1 Å². The summed E-state index contributed by atoms with van der Waals surface area (Å²) in [4.78, 5) is 0.800. The molecule has 2 aromatic heterocycles. The van der Waals surface area contributed by atoms with E-state index in [0.717, 1.165) is 41.7 Å². The van der Waals surface area contributed by atoms with E-state index in [2.05, 4.69) is 15.3 Å². The van der Waals surface area contributed by atoms with Crippen molar-refractivity contribution in [2.45, 2.75) is 38.3 Å². The third-order valence-corrected chi connectivity index (χ3v) is 4.04. The van der Waals surface area contributed by atoms with Crippen LogP contribution in [0.25, 0.3) is 4.96 Å². The Morgan fingerprint density at radius 2 is 2.47 bits per heavy atom. The molecule has 2 atom stereocenters. The predicted octanol–water partition coefficient (Wildman–Crippen LogP) is 1.45. The van der Waals surface area contributed by atoms with Crippen molar-refractivity contribution in [3.8, 4) is 0 Å². The van der Waals surface area contributed by atoms with E-state index in [1.165, 1.54) is 11.3 Å². The van der Waals surface area contributed by atoms with Gasteiger partial charge in [0, 0.05) is 6.61 Å².